The Morgan fingerprint density at radius 3 is 2.23 bits per heavy atom. The van der Waals surface area contributed by atoms with Gasteiger partial charge < -0.3 is 29.7 Å². The molecule has 69 heavy (non-hydrogen) atoms. The van der Waals surface area contributed by atoms with Gasteiger partial charge in [-0.15, -0.1) is 0 Å². The number of anilines is 3. The van der Waals surface area contributed by atoms with Crippen LogP contribution in [0.1, 0.15) is 51.1 Å². The lowest BCUT2D eigenvalue weighted by molar-refractivity contribution is -0.126. The molecule has 362 valence electrons. The van der Waals surface area contributed by atoms with E-state index in [4.69, 9.17) is 4.74 Å². The fourth-order valence-electron chi connectivity index (χ4n) is 10.1. The first kappa shape index (κ1) is 46.3. The predicted molar refractivity (Wildman–Crippen MR) is 255 cm³/mol. The van der Waals surface area contributed by atoms with Crippen LogP contribution in [0.4, 0.5) is 30.2 Å². The molecular weight excluding hydrogens is 914 g/mol. The number of nitrogens with zero attached hydrogens (tertiary/aromatic N) is 7. The molecule has 5 aliphatic heterocycles. The number of pyridine rings is 1. The van der Waals surface area contributed by atoms with Gasteiger partial charge in [-0.05, 0) is 66.8 Å². The third-order valence-electron chi connectivity index (χ3n) is 14.1. The van der Waals surface area contributed by atoms with Crippen molar-refractivity contribution in [3.8, 4) is 16.9 Å². The van der Waals surface area contributed by atoms with Gasteiger partial charge in [-0.2, -0.15) is 12.7 Å². The minimum atomic E-state index is -4.36. The Kier molecular flexibility index (Phi) is 12.6. The van der Waals surface area contributed by atoms with Gasteiger partial charge in [0.25, 0.3) is 5.91 Å². The van der Waals surface area contributed by atoms with E-state index >= 15 is 8.78 Å². The molecule has 5 aromatic rings. The van der Waals surface area contributed by atoms with Gasteiger partial charge in [0.2, 0.25) is 11.7 Å². The van der Waals surface area contributed by atoms with Crippen molar-refractivity contribution in [1.82, 2.24) is 34.3 Å². The zero-order chi connectivity index (χ0) is 48.1. The number of allylic oxidation sites excluding steroid dienone is 1. The standard InChI is InChI=1S/C49H53F3N10O6S/c1-30-3-10-41(48(64)55-30)62-28-33-23-36(25-42(68-2)43(33)49(62)65)60-21-17-58(18-22-60)14-13-57-15-19-59(20-16-57)35-6-4-31(5-7-35)32-24-37-38(27-54-47(37)53-26-32)46(63)44-39(51)8-9-40(45(44)52)56-69(66,67)61-12-11-34(50)29-61/h4-9,23-27,34,41,56H,1,3,10-22,28-29H2,2H3,(H,53,54)(H,55,64)/t34-,41?/m1/s1. The lowest BCUT2D eigenvalue weighted by Crippen LogP contribution is -2.51. The van der Waals surface area contributed by atoms with Crippen LogP contribution >= 0.6 is 0 Å². The lowest BCUT2D eigenvalue weighted by Gasteiger charge is -2.39. The quantitative estimate of drug-likeness (QED) is 0.134. The van der Waals surface area contributed by atoms with Crippen molar-refractivity contribution in [2.24, 2.45) is 0 Å². The number of piperazine rings is 2. The Labute approximate surface area is 397 Å². The average molecular weight is 967 g/mol. The second-order valence-electron chi connectivity index (χ2n) is 18.3. The van der Waals surface area contributed by atoms with Gasteiger partial charge in [0.15, 0.2) is 5.82 Å². The van der Waals surface area contributed by atoms with Crippen LogP contribution in [-0.4, -0.2) is 153 Å². The van der Waals surface area contributed by atoms with Crippen LogP contribution in [0.3, 0.4) is 0 Å². The number of carbonyl (C=O) groups excluding carboxylic acids is 3. The average Bonchev–Trinajstić information content (AvgIpc) is 4.09. The second-order valence-corrected chi connectivity index (χ2v) is 19.9. The van der Waals surface area contributed by atoms with Crippen molar-refractivity contribution >= 4 is 55.9 Å². The number of amides is 2. The number of carbonyl (C=O) groups is 3. The highest BCUT2D eigenvalue weighted by molar-refractivity contribution is 7.90. The van der Waals surface area contributed by atoms with Gasteiger partial charge in [0.05, 0.1) is 23.9 Å². The van der Waals surface area contributed by atoms with Crippen molar-refractivity contribution in [2.45, 2.75) is 38.0 Å². The Hall–Kier alpha value is -6.48. The summed E-state index contributed by atoms with van der Waals surface area (Å²) in [4.78, 5) is 58.7. The summed E-state index contributed by atoms with van der Waals surface area (Å²) in [6.45, 7) is 12.8. The summed E-state index contributed by atoms with van der Waals surface area (Å²) in [5.74, 6) is -3.38. The van der Waals surface area contributed by atoms with Crippen LogP contribution in [-0.2, 0) is 21.5 Å². The molecule has 4 fully saturated rings. The summed E-state index contributed by atoms with van der Waals surface area (Å²) in [7, 11) is -2.78. The van der Waals surface area contributed by atoms with Gasteiger partial charge in [-0.25, -0.2) is 18.2 Å². The smallest absolute Gasteiger partial charge is 0.301 e. The van der Waals surface area contributed by atoms with E-state index < -0.39 is 51.1 Å². The molecule has 0 radical (unpaired) electrons. The number of nitrogens with one attached hydrogen (secondary N) is 3. The zero-order valence-electron chi connectivity index (χ0n) is 38.1. The van der Waals surface area contributed by atoms with E-state index in [0.29, 0.717) is 53.0 Å². The number of aromatic amines is 1. The van der Waals surface area contributed by atoms with E-state index in [0.717, 1.165) is 104 Å². The number of alkyl halides is 1. The zero-order valence-corrected chi connectivity index (χ0v) is 39.0. The Morgan fingerprint density at radius 2 is 1.58 bits per heavy atom. The molecule has 1 unspecified atom stereocenters. The minimum Gasteiger partial charge on any atom is -0.496 e. The van der Waals surface area contributed by atoms with E-state index in [-0.39, 0.29) is 36.9 Å². The highest BCUT2D eigenvalue weighted by Crippen LogP contribution is 2.38. The first-order valence-corrected chi connectivity index (χ1v) is 24.7. The van der Waals surface area contributed by atoms with Gasteiger partial charge >= 0.3 is 10.2 Å². The maximum absolute atomic E-state index is 15.8. The monoisotopic (exact) mass is 966 g/mol. The molecule has 10 rings (SSSR count). The number of methoxy groups -OCH3 is 1. The number of hydrogen-bond acceptors (Lipinski definition) is 11. The number of halogens is 3. The van der Waals surface area contributed by atoms with Crippen LogP contribution in [0.15, 0.2) is 79.3 Å². The molecule has 2 atom stereocenters. The number of benzene rings is 3. The molecule has 3 N–H and O–H groups in total. The number of hydrogen-bond donors (Lipinski definition) is 3. The predicted octanol–water partition coefficient (Wildman–Crippen LogP) is 5.14. The van der Waals surface area contributed by atoms with E-state index in [1.54, 1.807) is 24.3 Å². The summed E-state index contributed by atoms with van der Waals surface area (Å²) in [6, 6.07) is 15.0. The van der Waals surface area contributed by atoms with E-state index in [9.17, 15) is 27.2 Å². The third kappa shape index (κ3) is 9.13. The van der Waals surface area contributed by atoms with Crippen LogP contribution in [0.25, 0.3) is 22.2 Å². The van der Waals surface area contributed by atoms with Crippen molar-refractivity contribution in [3.05, 3.63) is 113 Å². The number of fused-ring (bicyclic) bond motifs is 2. The Morgan fingerprint density at radius 1 is 0.884 bits per heavy atom. The van der Waals surface area contributed by atoms with E-state index in [1.807, 2.05) is 35.1 Å². The van der Waals surface area contributed by atoms with Gasteiger partial charge in [0.1, 0.15) is 29.4 Å². The fourth-order valence-corrected chi connectivity index (χ4v) is 11.4. The van der Waals surface area contributed by atoms with Crippen LogP contribution in [0.5, 0.6) is 5.75 Å². The largest absolute Gasteiger partial charge is 0.496 e. The molecule has 7 heterocycles. The summed E-state index contributed by atoms with van der Waals surface area (Å²) in [6.07, 6.45) is 2.82. The summed E-state index contributed by atoms with van der Waals surface area (Å²) in [5, 5.41) is 3.14. The fraction of sp³-hybridized carbons (Fsp3) is 0.388. The maximum Gasteiger partial charge on any atom is 0.301 e. The maximum atomic E-state index is 15.8. The molecule has 5 aliphatic rings. The molecule has 2 aromatic heterocycles. The molecule has 16 nitrogen and oxygen atoms in total. The molecule has 0 aliphatic carbocycles. The number of rotatable bonds is 13. The number of ketones is 1. The summed E-state index contributed by atoms with van der Waals surface area (Å²) >= 11 is 0. The Balaban J connectivity index is 0.719. The van der Waals surface area contributed by atoms with E-state index in [2.05, 4.69) is 47.5 Å². The summed E-state index contributed by atoms with van der Waals surface area (Å²) in [5.41, 5.74) is 4.42. The highest BCUT2D eigenvalue weighted by atomic mass is 32.2. The molecule has 2 amide bonds. The third-order valence-corrected chi connectivity index (χ3v) is 15.6. The summed E-state index contributed by atoms with van der Waals surface area (Å²) < 4.78 is 78.9. The van der Waals surface area contributed by atoms with Gasteiger partial charge in [-0.3, -0.25) is 28.9 Å². The van der Waals surface area contributed by atoms with Crippen molar-refractivity contribution in [1.29, 1.82) is 0 Å². The first-order chi connectivity index (χ1) is 33.2. The highest BCUT2D eigenvalue weighted by Gasteiger charge is 2.40. The molecular formula is C49H53F3N10O6S. The molecule has 4 saturated heterocycles. The molecule has 20 heteroatoms. The van der Waals surface area contributed by atoms with Crippen molar-refractivity contribution in [3.63, 3.8) is 0 Å². The lowest BCUT2D eigenvalue weighted by atomic mass is 9.99. The normalized spacial score (nSPS) is 20.8. The molecule has 0 bridgehead atoms. The minimum absolute atomic E-state index is 0.00411. The molecule has 3 aromatic carbocycles. The van der Waals surface area contributed by atoms with E-state index in [1.165, 1.54) is 6.20 Å². The number of H-pyrrole nitrogens is 1. The van der Waals surface area contributed by atoms with Crippen LogP contribution < -0.4 is 24.6 Å². The second kappa shape index (κ2) is 18.8. The Bertz CT molecular complexity index is 2960. The van der Waals surface area contributed by atoms with Crippen LogP contribution in [0.2, 0.25) is 0 Å². The molecule has 0 spiro atoms. The number of piperidine rings is 1. The first-order valence-electron chi connectivity index (χ1n) is 23.2. The molecule has 0 saturated carbocycles. The van der Waals surface area contributed by atoms with Gasteiger partial charge in [0, 0.05) is 137 Å². The van der Waals surface area contributed by atoms with Crippen LogP contribution in [0, 0.1) is 11.6 Å². The van der Waals surface area contributed by atoms with Gasteiger partial charge in [-0.1, -0.05) is 18.7 Å². The topological polar surface area (TPSA) is 167 Å². The number of ether oxygens (including phenoxy) is 1. The number of aromatic nitrogens is 2. The SMILES string of the molecule is C=C1CCC(N2Cc3cc(N4CCN(CCN5CCN(c6ccc(-c7cnc8[nH]cc(C(=O)c9c(F)ccc(NS(=O)(=O)N%10CC[C@@H](F)C%10)c9F)c8c7)cc6)CC5)CC4)cc(OC)c3C2=O)C(=O)N1. The van der Waals surface area contributed by atoms with Crippen molar-refractivity contribution < 1.29 is 40.7 Å². The van der Waals surface area contributed by atoms with Crippen molar-refractivity contribution in [2.75, 3.05) is 100 Å².